The summed E-state index contributed by atoms with van der Waals surface area (Å²) in [6.07, 6.45) is 0. The average molecular weight is 352 g/mol. The molecule has 0 aliphatic carbocycles. The van der Waals surface area contributed by atoms with E-state index in [4.69, 9.17) is 0 Å². The van der Waals surface area contributed by atoms with E-state index in [1.807, 2.05) is 57.2 Å². The molecule has 3 rings (SSSR count). The molecule has 0 aliphatic heterocycles. The molecular weight excluding hydrogens is 332 g/mol. The number of tetrazole rings is 1. The number of para-hydroxylation sites is 1. The summed E-state index contributed by atoms with van der Waals surface area (Å²) >= 11 is 1.37. The number of hydrogen-bond donors (Lipinski definition) is 0. The van der Waals surface area contributed by atoms with Crippen LogP contribution in [0.1, 0.15) is 34.0 Å². The van der Waals surface area contributed by atoms with E-state index in [-0.39, 0.29) is 11.0 Å². The van der Waals surface area contributed by atoms with Gasteiger partial charge >= 0.3 is 0 Å². The molecule has 0 spiro atoms. The van der Waals surface area contributed by atoms with Crippen LogP contribution in [-0.2, 0) is 0 Å². The monoisotopic (exact) mass is 352 g/mol. The van der Waals surface area contributed by atoms with Crippen molar-refractivity contribution in [1.82, 2.24) is 20.2 Å². The first kappa shape index (κ1) is 17.4. The second-order valence-electron chi connectivity index (χ2n) is 6.08. The van der Waals surface area contributed by atoms with Crippen molar-refractivity contribution in [2.45, 2.75) is 38.1 Å². The first-order valence-electron chi connectivity index (χ1n) is 8.10. The molecule has 0 aliphatic rings. The number of hydrogen-bond acceptors (Lipinski definition) is 5. The maximum Gasteiger partial charge on any atom is 0.214 e. The van der Waals surface area contributed by atoms with Gasteiger partial charge in [0.1, 0.15) is 0 Å². The Bertz CT molecular complexity index is 905. The number of nitrogens with zero attached hydrogens (tertiary/aromatic N) is 4. The number of aromatic nitrogens is 4. The van der Waals surface area contributed by atoms with E-state index >= 15 is 0 Å². The summed E-state index contributed by atoms with van der Waals surface area (Å²) in [7, 11) is 0. The van der Waals surface area contributed by atoms with Crippen molar-refractivity contribution < 1.29 is 4.79 Å². The van der Waals surface area contributed by atoms with E-state index in [1.54, 1.807) is 4.68 Å². The first-order valence-corrected chi connectivity index (χ1v) is 8.98. The van der Waals surface area contributed by atoms with Crippen LogP contribution in [0.4, 0.5) is 0 Å². The van der Waals surface area contributed by atoms with Gasteiger partial charge in [0.2, 0.25) is 5.16 Å². The van der Waals surface area contributed by atoms with Gasteiger partial charge < -0.3 is 0 Å². The lowest BCUT2D eigenvalue weighted by Gasteiger charge is -2.13. The van der Waals surface area contributed by atoms with Gasteiger partial charge in [0.25, 0.3) is 0 Å². The fourth-order valence-electron chi connectivity index (χ4n) is 2.64. The number of carbonyl (C=O) groups excluding carboxylic acids is 1. The van der Waals surface area contributed by atoms with Crippen LogP contribution in [0.25, 0.3) is 5.69 Å². The molecule has 0 unspecified atom stereocenters. The molecule has 0 bridgehead atoms. The molecule has 1 atom stereocenters. The van der Waals surface area contributed by atoms with Crippen LogP contribution in [0.3, 0.4) is 0 Å². The summed E-state index contributed by atoms with van der Waals surface area (Å²) in [6, 6.07) is 13.7. The molecule has 1 aromatic heterocycles. The largest absolute Gasteiger partial charge is 0.293 e. The lowest BCUT2D eigenvalue weighted by Crippen LogP contribution is -2.16. The summed E-state index contributed by atoms with van der Waals surface area (Å²) in [5, 5.41) is 12.2. The van der Waals surface area contributed by atoms with E-state index in [0.717, 1.165) is 22.4 Å². The lowest BCUT2D eigenvalue weighted by atomic mass is 9.97. The number of carbonyl (C=O) groups is 1. The normalized spacial score (nSPS) is 12.2. The molecular formula is C19H20N4OS. The molecule has 0 fully saturated rings. The second-order valence-corrected chi connectivity index (χ2v) is 7.39. The quantitative estimate of drug-likeness (QED) is 0.514. The zero-order valence-electron chi connectivity index (χ0n) is 14.7. The molecule has 6 heteroatoms. The minimum absolute atomic E-state index is 0.0909. The third-order valence-corrected chi connectivity index (χ3v) is 5.23. The molecule has 0 saturated heterocycles. The minimum atomic E-state index is -0.283. The van der Waals surface area contributed by atoms with Gasteiger partial charge in [-0.15, -0.1) is 5.10 Å². The lowest BCUT2D eigenvalue weighted by molar-refractivity contribution is 0.0993. The highest BCUT2D eigenvalue weighted by Crippen LogP contribution is 2.27. The van der Waals surface area contributed by atoms with Gasteiger partial charge in [-0.2, -0.15) is 4.68 Å². The smallest absolute Gasteiger partial charge is 0.214 e. The highest BCUT2D eigenvalue weighted by molar-refractivity contribution is 8.00. The van der Waals surface area contributed by atoms with Crippen molar-refractivity contribution in [3.8, 4) is 5.69 Å². The maximum absolute atomic E-state index is 12.9. The van der Waals surface area contributed by atoms with E-state index in [9.17, 15) is 4.79 Å². The SMILES string of the molecule is Cc1cc(C)c(C(=O)[C@@H](C)Sc2nnnn2-c2ccccc2)cc1C. The van der Waals surface area contributed by atoms with Gasteiger partial charge in [-0.3, -0.25) is 4.79 Å². The Morgan fingerprint density at radius 3 is 2.44 bits per heavy atom. The zero-order valence-corrected chi connectivity index (χ0v) is 15.5. The molecule has 3 aromatic rings. The zero-order chi connectivity index (χ0) is 18.0. The molecule has 128 valence electrons. The van der Waals surface area contributed by atoms with Gasteiger partial charge in [0.15, 0.2) is 5.78 Å². The molecule has 0 N–H and O–H groups in total. The standard InChI is InChI=1S/C19H20N4OS/c1-12-10-14(3)17(11-13(12)2)18(24)15(4)25-19-20-21-22-23(19)16-8-6-5-7-9-16/h5-11,15H,1-4H3/t15-/m1/s1. The topological polar surface area (TPSA) is 60.7 Å². The van der Waals surface area contributed by atoms with E-state index in [2.05, 4.69) is 28.5 Å². The summed E-state index contributed by atoms with van der Waals surface area (Å²) in [5.74, 6) is 0.0909. The number of aryl methyl sites for hydroxylation is 3. The summed E-state index contributed by atoms with van der Waals surface area (Å²) in [4.78, 5) is 12.9. The van der Waals surface area contributed by atoms with Crippen LogP contribution in [-0.4, -0.2) is 31.2 Å². The van der Waals surface area contributed by atoms with Crippen molar-refractivity contribution >= 4 is 17.5 Å². The maximum atomic E-state index is 12.9. The first-order chi connectivity index (χ1) is 12.0. The van der Waals surface area contributed by atoms with Crippen molar-refractivity contribution in [2.75, 3.05) is 0 Å². The number of Topliss-reactive ketones (excluding diaryl/α,β-unsaturated/α-hetero) is 1. The predicted octanol–water partition coefficient (Wildman–Crippen LogP) is 3.95. The average Bonchev–Trinajstić information content (AvgIpc) is 3.06. The van der Waals surface area contributed by atoms with Gasteiger partial charge in [-0.1, -0.05) is 36.0 Å². The second kappa shape index (κ2) is 7.19. The summed E-state index contributed by atoms with van der Waals surface area (Å²) in [5.41, 5.74) is 4.96. The Labute approximate surface area is 151 Å². The van der Waals surface area contributed by atoms with Gasteiger partial charge in [0, 0.05) is 5.56 Å². The van der Waals surface area contributed by atoms with Crippen LogP contribution in [0.5, 0.6) is 0 Å². The third-order valence-electron chi connectivity index (χ3n) is 4.20. The minimum Gasteiger partial charge on any atom is -0.293 e. The Hall–Kier alpha value is -2.47. The number of thioether (sulfide) groups is 1. The van der Waals surface area contributed by atoms with Gasteiger partial charge in [-0.25, -0.2) is 0 Å². The Balaban J connectivity index is 1.84. The fourth-order valence-corrected chi connectivity index (χ4v) is 3.52. The molecule has 25 heavy (non-hydrogen) atoms. The molecule has 0 amide bonds. The van der Waals surface area contributed by atoms with E-state index in [0.29, 0.717) is 5.16 Å². The van der Waals surface area contributed by atoms with Crippen molar-refractivity contribution in [3.05, 3.63) is 64.7 Å². The fraction of sp³-hybridized carbons (Fsp3) is 0.263. The van der Waals surface area contributed by atoms with Crippen LogP contribution >= 0.6 is 11.8 Å². The highest BCUT2D eigenvalue weighted by Gasteiger charge is 2.22. The van der Waals surface area contributed by atoms with Crippen molar-refractivity contribution in [1.29, 1.82) is 0 Å². The van der Waals surface area contributed by atoms with Crippen molar-refractivity contribution in [3.63, 3.8) is 0 Å². The molecule has 0 saturated carbocycles. The van der Waals surface area contributed by atoms with E-state index < -0.39 is 0 Å². The van der Waals surface area contributed by atoms with E-state index in [1.165, 1.54) is 17.3 Å². The molecule has 2 aromatic carbocycles. The third kappa shape index (κ3) is 3.64. The summed E-state index contributed by atoms with van der Waals surface area (Å²) in [6.45, 7) is 7.96. The van der Waals surface area contributed by atoms with Gasteiger partial charge in [0.05, 0.1) is 10.9 Å². The van der Waals surface area contributed by atoms with Crippen molar-refractivity contribution in [2.24, 2.45) is 0 Å². The Kier molecular flexibility index (Phi) is 4.99. The summed E-state index contributed by atoms with van der Waals surface area (Å²) < 4.78 is 1.65. The molecule has 0 radical (unpaired) electrons. The number of benzene rings is 2. The number of ketones is 1. The van der Waals surface area contributed by atoms with Crippen LogP contribution in [0.2, 0.25) is 0 Å². The Morgan fingerprint density at radius 2 is 1.72 bits per heavy atom. The molecule has 1 heterocycles. The number of rotatable bonds is 5. The highest BCUT2D eigenvalue weighted by atomic mass is 32.2. The predicted molar refractivity (Wildman–Crippen MR) is 99.5 cm³/mol. The van der Waals surface area contributed by atoms with Crippen LogP contribution in [0.15, 0.2) is 47.6 Å². The van der Waals surface area contributed by atoms with Crippen LogP contribution < -0.4 is 0 Å². The Morgan fingerprint density at radius 1 is 1.04 bits per heavy atom. The van der Waals surface area contributed by atoms with Crippen LogP contribution in [0, 0.1) is 20.8 Å². The molecule has 5 nitrogen and oxygen atoms in total. The van der Waals surface area contributed by atoms with Gasteiger partial charge in [-0.05, 0) is 73.0 Å².